The third-order valence-electron chi connectivity index (χ3n) is 4.60. The second-order valence-electron chi connectivity index (χ2n) is 5.64. The van der Waals surface area contributed by atoms with E-state index in [-0.39, 0.29) is 0 Å². The maximum Gasteiger partial charge on any atom is 0.335 e. The zero-order chi connectivity index (χ0) is 13.7. The normalized spacial score (nSPS) is 26.2. The maximum atomic E-state index is 11.1. The Morgan fingerprint density at radius 1 is 1.25 bits per heavy atom. The minimum Gasteiger partial charge on any atom is -0.478 e. The number of aromatic carboxylic acids is 1. The average Bonchev–Trinajstić information content (AvgIpc) is 3.11. The lowest BCUT2D eigenvalue weighted by Gasteiger charge is -2.20. The van der Waals surface area contributed by atoms with Crippen LogP contribution >= 0.6 is 0 Å². The Kier molecular flexibility index (Phi) is 2.53. The molecule has 0 bridgehead atoms. The molecular weight excluding hydrogens is 256 g/mol. The van der Waals surface area contributed by atoms with Crippen molar-refractivity contribution in [2.24, 2.45) is 0 Å². The minimum atomic E-state index is -0.909. The fraction of sp³-hybridized carbons (Fsp3) is 0.500. The maximum absolute atomic E-state index is 11.1. The van der Waals surface area contributed by atoms with Crippen LogP contribution in [0.2, 0.25) is 0 Å². The van der Waals surface area contributed by atoms with Gasteiger partial charge < -0.3 is 5.11 Å². The number of nitrogens with zero attached hydrogens (tertiary/aromatic N) is 4. The summed E-state index contributed by atoms with van der Waals surface area (Å²) in [5, 5.41) is 17.6. The summed E-state index contributed by atoms with van der Waals surface area (Å²) in [6.07, 6.45) is 3.51. The first kappa shape index (κ1) is 11.8. The van der Waals surface area contributed by atoms with Gasteiger partial charge in [-0.15, -0.1) is 5.10 Å². The number of aromatic nitrogens is 3. The van der Waals surface area contributed by atoms with E-state index in [2.05, 4.69) is 15.2 Å². The number of benzene rings is 1. The van der Waals surface area contributed by atoms with Crippen molar-refractivity contribution >= 4 is 17.0 Å². The highest BCUT2D eigenvalue weighted by Gasteiger charge is 2.39. The average molecular weight is 272 g/mol. The van der Waals surface area contributed by atoms with Crippen LogP contribution in [0.1, 0.15) is 35.7 Å². The van der Waals surface area contributed by atoms with Gasteiger partial charge in [-0.3, -0.25) is 4.90 Å². The molecular formula is C14H16N4O2. The summed E-state index contributed by atoms with van der Waals surface area (Å²) in [6, 6.07) is 5.87. The quantitative estimate of drug-likeness (QED) is 0.898. The summed E-state index contributed by atoms with van der Waals surface area (Å²) in [6.45, 7) is 2.28. The predicted molar refractivity (Wildman–Crippen MR) is 72.7 cm³/mol. The lowest BCUT2D eigenvalue weighted by molar-refractivity contribution is 0.0697. The molecule has 2 atom stereocenters. The summed E-state index contributed by atoms with van der Waals surface area (Å²) >= 11 is 0. The second-order valence-corrected chi connectivity index (χ2v) is 5.64. The molecule has 1 aromatic heterocycles. The van der Waals surface area contributed by atoms with Crippen LogP contribution in [0, 0.1) is 0 Å². The van der Waals surface area contributed by atoms with Crippen LogP contribution in [0.4, 0.5) is 0 Å². The van der Waals surface area contributed by atoms with E-state index in [1.54, 1.807) is 18.2 Å². The molecule has 2 aromatic rings. The van der Waals surface area contributed by atoms with Gasteiger partial charge in [-0.2, -0.15) is 0 Å². The number of hydrogen-bond donors (Lipinski definition) is 1. The number of carboxylic acid groups (broad SMARTS) is 1. The van der Waals surface area contributed by atoms with Gasteiger partial charge in [0.2, 0.25) is 0 Å². The van der Waals surface area contributed by atoms with Crippen LogP contribution in [0.15, 0.2) is 18.2 Å². The zero-order valence-corrected chi connectivity index (χ0v) is 11.1. The van der Waals surface area contributed by atoms with Crippen molar-refractivity contribution in [1.82, 2.24) is 19.9 Å². The lowest BCUT2D eigenvalue weighted by Crippen LogP contribution is -2.28. The van der Waals surface area contributed by atoms with Crippen LogP contribution in [-0.2, 0) is 0 Å². The summed E-state index contributed by atoms with van der Waals surface area (Å²) in [7, 11) is 0. The number of carbonyl (C=O) groups is 1. The molecule has 3 heterocycles. The van der Waals surface area contributed by atoms with Gasteiger partial charge in [-0.1, -0.05) is 5.21 Å². The molecule has 0 radical (unpaired) electrons. The van der Waals surface area contributed by atoms with E-state index in [0.29, 0.717) is 17.6 Å². The zero-order valence-electron chi connectivity index (χ0n) is 11.1. The molecule has 1 aromatic carbocycles. The molecule has 0 amide bonds. The molecule has 1 N–H and O–H groups in total. The molecule has 6 nitrogen and oxygen atoms in total. The van der Waals surface area contributed by atoms with E-state index in [1.807, 2.05) is 4.68 Å². The minimum absolute atomic E-state index is 0.294. The van der Waals surface area contributed by atoms with Gasteiger partial charge in [0, 0.05) is 12.6 Å². The Balaban J connectivity index is 1.79. The van der Waals surface area contributed by atoms with E-state index in [0.717, 1.165) is 24.0 Å². The number of hydrogen-bond acceptors (Lipinski definition) is 4. The Morgan fingerprint density at radius 3 is 3.00 bits per heavy atom. The molecule has 104 valence electrons. The molecule has 2 saturated heterocycles. The van der Waals surface area contributed by atoms with E-state index < -0.39 is 5.97 Å². The van der Waals surface area contributed by atoms with Crippen LogP contribution in [0.25, 0.3) is 11.0 Å². The Bertz CT molecular complexity index is 681. The molecule has 2 aliphatic heterocycles. The van der Waals surface area contributed by atoms with Crippen molar-refractivity contribution in [3.63, 3.8) is 0 Å². The molecule has 2 aliphatic rings. The van der Waals surface area contributed by atoms with Crippen LogP contribution in [0.5, 0.6) is 0 Å². The molecule has 0 aliphatic carbocycles. The van der Waals surface area contributed by atoms with Crippen molar-refractivity contribution in [3.05, 3.63) is 23.8 Å². The Labute approximate surface area is 116 Å². The standard InChI is InChI=1S/C14H16N4O2/c19-14(20)9-3-4-10-13(8-9)18(16-15-10)12-5-7-17-6-1-2-11(12)17/h3-4,8,11-12H,1-2,5-7H2,(H,19,20). The number of rotatable bonds is 2. The molecule has 0 spiro atoms. The first-order valence-corrected chi connectivity index (χ1v) is 7.06. The molecule has 6 heteroatoms. The largest absolute Gasteiger partial charge is 0.478 e. The molecule has 20 heavy (non-hydrogen) atoms. The van der Waals surface area contributed by atoms with Gasteiger partial charge in [0.05, 0.1) is 17.1 Å². The molecule has 0 saturated carbocycles. The van der Waals surface area contributed by atoms with Crippen LogP contribution < -0.4 is 0 Å². The van der Waals surface area contributed by atoms with E-state index in [9.17, 15) is 4.79 Å². The number of carboxylic acids is 1. The van der Waals surface area contributed by atoms with Crippen molar-refractivity contribution < 1.29 is 9.90 Å². The lowest BCUT2D eigenvalue weighted by atomic mass is 10.1. The molecule has 2 fully saturated rings. The molecule has 2 unspecified atom stereocenters. The summed E-state index contributed by atoms with van der Waals surface area (Å²) < 4.78 is 1.94. The van der Waals surface area contributed by atoms with Gasteiger partial charge in [0.25, 0.3) is 0 Å². The second kappa shape index (κ2) is 4.28. The highest BCUT2D eigenvalue weighted by Crippen LogP contribution is 2.36. The van der Waals surface area contributed by atoms with Crippen molar-refractivity contribution in [2.75, 3.05) is 13.1 Å². The first-order chi connectivity index (χ1) is 9.74. The van der Waals surface area contributed by atoms with Crippen LogP contribution in [0.3, 0.4) is 0 Å². The fourth-order valence-corrected chi connectivity index (χ4v) is 3.66. The fourth-order valence-electron chi connectivity index (χ4n) is 3.66. The Morgan fingerprint density at radius 2 is 2.15 bits per heavy atom. The third-order valence-corrected chi connectivity index (χ3v) is 4.60. The van der Waals surface area contributed by atoms with Gasteiger partial charge in [-0.25, -0.2) is 9.48 Å². The third kappa shape index (κ3) is 1.64. The monoisotopic (exact) mass is 272 g/mol. The SMILES string of the molecule is O=C(O)c1ccc2nnn(C3CCN4CCCC34)c2c1. The van der Waals surface area contributed by atoms with E-state index in [1.165, 1.54) is 19.4 Å². The van der Waals surface area contributed by atoms with Crippen LogP contribution in [-0.4, -0.2) is 50.1 Å². The van der Waals surface area contributed by atoms with E-state index >= 15 is 0 Å². The summed E-state index contributed by atoms with van der Waals surface area (Å²) in [4.78, 5) is 13.6. The van der Waals surface area contributed by atoms with Crippen molar-refractivity contribution in [3.8, 4) is 0 Å². The summed E-state index contributed by atoms with van der Waals surface area (Å²) in [5.41, 5.74) is 1.90. The number of fused-ring (bicyclic) bond motifs is 2. The predicted octanol–water partition coefficient (Wildman–Crippen LogP) is 1.54. The van der Waals surface area contributed by atoms with Crippen molar-refractivity contribution in [1.29, 1.82) is 0 Å². The Hall–Kier alpha value is -1.95. The highest BCUT2D eigenvalue weighted by molar-refractivity contribution is 5.92. The topological polar surface area (TPSA) is 71.2 Å². The van der Waals surface area contributed by atoms with Gasteiger partial charge in [0.1, 0.15) is 5.52 Å². The van der Waals surface area contributed by atoms with Gasteiger partial charge in [0.15, 0.2) is 0 Å². The van der Waals surface area contributed by atoms with Crippen molar-refractivity contribution in [2.45, 2.75) is 31.3 Å². The van der Waals surface area contributed by atoms with Gasteiger partial charge >= 0.3 is 5.97 Å². The summed E-state index contributed by atoms with van der Waals surface area (Å²) in [5.74, 6) is -0.909. The smallest absolute Gasteiger partial charge is 0.335 e. The highest BCUT2D eigenvalue weighted by atomic mass is 16.4. The first-order valence-electron chi connectivity index (χ1n) is 7.06. The van der Waals surface area contributed by atoms with E-state index in [4.69, 9.17) is 5.11 Å². The van der Waals surface area contributed by atoms with Gasteiger partial charge in [-0.05, 0) is 44.0 Å². The molecule has 4 rings (SSSR count).